The van der Waals surface area contributed by atoms with E-state index < -0.39 is 0 Å². The molecule has 160 valence electrons. The zero-order valence-electron chi connectivity index (χ0n) is 17.8. The molecule has 0 radical (unpaired) electrons. The van der Waals surface area contributed by atoms with Crippen molar-refractivity contribution in [1.29, 1.82) is 0 Å². The van der Waals surface area contributed by atoms with Crippen molar-refractivity contribution >= 4 is 34.2 Å². The van der Waals surface area contributed by atoms with Gasteiger partial charge in [0.25, 0.3) is 0 Å². The van der Waals surface area contributed by atoms with Gasteiger partial charge in [-0.25, -0.2) is 4.98 Å². The highest BCUT2D eigenvalue weighted by Gasteiger charge is 2.30. The predicted molar refractivity (Wildman–Crippen MR) is 126 cm³/mol. The first-order chi connectivity index (χ1) is 15.5. The molecule has 0 bridgehead atoms. The Kier molecular flexibility index (Phi) is 5.19. The molecule has 3 aromatic carbocycles. The van der Waals surface area contributed by atoms with Crippen LogP contribution < -0.4 is 10.6 Å². The van der Waals surface area contributed by atoms with E-state index in [0.29, 0.717) is 12.8 Å². The average Bonchev–Trinajstić information content (AvgIpc) is 3.32. The molecule has 32 heavy (non-hydrogen) atoms. The number of amides is 2. The summed E-state index contributed by atoms with van der Waals surface area (Å²) in [6.45, 7) is 2.06. The van der Waals surface area contributed by atoms with Crippen molar-refractivity contribution in [3.8, 4) is 0 Å². The van der Waals surface area contributed by atoms with Crippen LogP contribution in [0.4, 0.5) is 11.4 Å². The van der Waals surface area contributed by atoms with Crippen molar-refractivity contribution in [1.82, 2.24) is 9.97 Å². The van der Waals surface area contributed by atoms with Crippen LogP contribution in [0, 0.1) is 6.92 Å². The molecule has 0 aliphatic carbocycles. The summed E-state index contributed by atoms with van der Waals surface area (Å²) >= 11 is 0. The zero-order valence-corrected chi connectivity index (χ0v) is 17.8. The molecule has 0 unspecified atom stereocenters. The molecule has 4 aromatic rings. The fourth-order valence-corrected chi connectivity index (χ4v) is 4.22. The molecular weight excluding hydrogens is 400 g/mol. The van der Waals surface area contributed by atoms with E-state index in [-0.39, 0.29) is 24.2 Å². The van der Waals surface area contributed by atoms with E-state index in [9.17, 15) is 9.59 Å². The van der Waals surface area contributed by atoms with Gasteiger partial charge >= 0.3 is 0 Å². The van der Waals surface area contributed by atoms with Gasteiger partial charge in [-0.15, -0.1) is 0 Å². The first kappa shape index (κ1) is 20.0. The second kappa shape index (κ2) is 8.30. The number of aryl methyl sites for hydroxylation is 1. The predicted octanol–water partition coefficient (Wildman–Crippen LogP) is 4.92. The van der Waals surface area contributed by atoms with Gasteiger partial charge in [0.1, 0.15) is 5.82 Å². The van der Waals surface area contributed by atoms with E-state index in [1.54, 1.807) is 0 Å². The van der Waals surface area contributed by atoms with Crippen LogP contribution in [0.15, 0.2) is 66.7 Å². The average molecular weight is 425 g/mol. The number of carbonyl (C=O) groups is 2. The maximum Gasteiger partial charge on any atom is 0.232 e. The Bertz CT molecular complexity index is 1310. The molecule has 1 aromatic heterocycles. The molecule has 2 amide bonds. The number of hydrogen-bond donors (Lipinski definition) is 3. The van der Waals surface area contributed by atoms with Gasteiger partial charge in [0.2, 0.25) is 11.8 Å². The number of imidazole rings is 1. The number of para-hydroxylation sites is 1. The number of hydrogen-bond acceptors (Lipinski definition) is 3. The van der Waals surface area contributed by atoms with E-state index in [4.69, 9.17) is 0 Å². The van der Waals surface area contributed by atoms with Gasteiger partial charge in [-0.1, -0.05) is 36.4 Å². The Morgan fingerprint density at radius 2 is 1.88 bits per heavy atom. The summed E-state index contributed by atoms with van der Waals surface area (Å²) in [4.78, 5) is 32.7. The lowest BCUT2D eigenvalue weighted by molar-refractivity contribution is -0.118. The normalized spacial score (nSPS) is 14.9. The maximum absolute atomic E-state index is 12.4. The number of H-pyrrole nitrogens is 1. The number of nitrogens with zero attached hydrogens (tertiary/aromatic N) is 1. The third-order valence-electron chi connectivity index (χ3n) is 5.87. The van der Waals surface area contributed by atoms with Gasteiger partial charge in [-0.3, -0.25) is 9.59 Å². The molecule has 0 spiro atoms. The van der Waals surface area contributed by atoms with E-state index in [0.717, 1.165) is 39.4 Å². The third kappa shape index (κ3) is 4.12. The summed E-state index contributed by atoms with van der Waals surface area (Å²) in [7, 11) is 0. The van der Waals surface area contributed by atoms with Crippen LogP contribution >= 0.6 is 0 Å². The number of rotatable bonds is 6. The second-order valence-electron chi connectivity index (χ2n) is 8.29. The molecular formula is C26H24N4O2. The molecule has 3 N–H and O–H groups in total. The summed E-state index contributed by atoms with van der Waals surface area (Å²) in [5, 5.41) is 5.81. The molecule has 0 fully saturated rings. The molecule has 6 nitrogen and oxygen atoms in total. The Balaban J connectivity index is 1.17. The highest BCUT2D eigenvalue weighted by molar-refractivity contribution is 6.03. The Morgan fingerprint density at radius 1 is 1.06 bits per heavy atom. The molecule has 0 saturated heterocycles. The monoisotopic (exact) mass is 424 g/mol. The minimum Gasteiger partial charge on any atom is -0.342 e. The van der Waals surface area contributed by atoms with Gasteiger partial charge in [-0.2, -0.15) is 0 Å². The van der Waals surface area contributed by atoms with E-state index in [1.807, 2.05) is 54.6 Å². The van der Waals surface area contributed by atoms with Crippen LogP contribution in [0.5, 0.6) is 0 Å². The number of fused-ring (bicyclic) bond motifs is 2. The summed E-state index contributed by atoms with van der Waals surface area (Å²) in [6, 6.07) is 21.6. The van der Waals surface area contributed by atoms with Crippen LogP contribution in [0.25, 0.3) is 11.0 Å². The molecule has 2 heterocycles. The number of carbonyl (C=O) groups excluding carboxylic acids is 2. The van der Waals surface area contributed by atoms with E-state index in [1.165, 1.54) is 5.56 Å². The smallest absolute Gasteiger partial charge is 0.232 e. The van der Waals surface area contributed by atoms with Crippen molar-refractivity contribution < 1.29 is 9.59 Å². The SMILES string of the molecule is Cc1ccc2nc(Cc3ccc(NC(=O)CC[C@H]4C(=O)Nc5ccccc54)cc3)[nH]c2c1. The van der Waals surface area contributed by atoms with Crippen LogP contribution in [-0.2, 0) is 16.0 Å². The number of aromatic amines is 1. The van der Waals surface area contributed by atoms with Crippen LogP contribution in [0.2, 0.25) is 0 Å². The van der Waals surface area contributed by atoms with Crippen LogP contribution in [-0.4, -0.2) is 21.8 Å². The van der Waals surface area contributed by atoms with Gasteiger partial charge in [-0.05, 0) is 60.4 Å². The number of benzene rings is 3. The molecule has 5 rings (SSSR count). The van der Waals surface area contributed by atoms with Crippen molar-refractivity contribution in [2.24, 2.45) is 0 Å². The quantitative estimate of drug-likeness (QED) is 0.411. The molecule has 1 aliphatic rings. The second-order valence-corrected chi connectivity index (χ2v) is 8.29. The summed E-state index contributed by atoms with van der Waals surface area (Å²) < 4.78 is 0. The summed E-state index contributed by atoms with van der Waals surface area (Å²) in [5.74, 6) is 0.510. The van der Waals surface area contributed by atoms with Crippen LogP contribution in [0.3, 0.4) is 0 Å². The topological polar surface area (TPSA) is 86.9 Å². The Morgan fingerprint density at radius 3 is 2.72 bits per heavy atom. The summed E-state index contributed by atoms with van der Waals surface area (Å²) in [6.07, 6.45) is 1.46. The maximum atomic E-state index is 12.4. The summed E-state index contributed by atoms with van der Waals surface area (Å²) in [5.41, 5.74) is 6.88. The fraction of sp³-hybridized carbons (Fsp3) is 0.192. The van der Waals surface area contributed by atoms with Crippen molar-refractivity contribution in [2.45, 2.75) is 32.1 Å². The molecule has 1 aliphatic heterocycles. The van der Waals surface area contributed by atoms with Crippen molar-refractivity contribution in [3.63, 3.8) is 0 Å². The third-order valence-corrected chi connectivity index (χ3v) is 5.87. The van der Waals surface area contributed by atoms with Crippen molar-refractivity contribution in [3.05, 3.63) is 89.2 Å². The lowest BCUT2D eigenvalue weighted by Crippen LogP contribution is -2.16. The van der Waals surface area contributed by atoms with Crippen LogP contribution in [0.1, 0.15) is 41.3 Å². The highest BCUT2D eigenvalue weighted by Crippen LogP contribution is 2.35. The lowest BCUT2D eigenvalue weighted by atomic mass is 9.95. The Hall–Kier alpha value is -3.93. The fourth-order valence-electron chi connectivity index (χ4n) is 4.22. The van der Waals surface area contributed by atoms with E-state index in [2.05, 4.69) is 39.7 Å². The number of aromatic nitrogens is 2. The number of nitrogens with one attached hydrogen (secondary N) is 3. The Labute approximate surface area is 186 Å². The molecule has 0 saturated carbocycles. The largest absolute Gasteiger partial charge is 0.342 e. The van der Waals surface area contributed by atoms with Gasteiger partial charge in [0.15, 0.2) is 0 Å². The number of anilines is 2. The zero-order chi connectivity index (χ0) is 22.1. The minimum atomic E-state index is -0.271. The first-order valence-electron chi connectivity index (χ1n) is 10.8. The van der Waals surface area contributed by atoms with Gasteiger partial charge in [0.05, 0.1) is 17.0 Å². The first-order valence-corrected chi connectivity index (χ1v) is 10.8. The van der Waals surface area contributed by atoms with Gasteiger partial charge < -0.3 is 15.6 Å². The van der Waals surface area contributed by atoms with Gasteiger partial charge in [0, 0.05) is 24.2 Å². The minimum absolute atomic E-state index is 0.0379. The highest BCUT2D eigenvalue weighted by atomic mass is 16.2. The van der Waals surface area contributed by atoms with Crippen molar-refractivity contribution in [2.75, 3.05) is 10.6 Å². The molecule has 6 heteroatoms. The molecule has 1 atom stereocenters. The lowest BCUT2D eigenvalue weighted by Gasteiger charge is -2.10. The van der Waals surface area contributed by atoms with E-state index >= 15 is 0 Å². The standard InChI is InChI=1S/C26H24N4O2/c1-16-6-12-22-23(14-16)29-24(28-22)15-17-7-9-18(10-8-17)27-25(31)13-11-20-19-4-2-3-5-21(19)30-26(20)32/h2-10,12,14,20H,11,13,15H2,1H3,(H,27,31)(H,28,29)(H,30,32)/t20-/m1/s1.